The lowest BCUT2D eigenvalue weighted by Crippen LogP contribution is -2.41. The number of carbonyl (C=O) groups is 1. The van der Waals surface area contributed by atoms with Crippen LogP contribution < -0.4 is 15.5 Å². The lowest BCUT2D eigenvalue weighted by molar-refractivity contribution is -0.136. The minimum Gasteiger partial charge on any atom is -0.455 e. The number of carbonyl (C=O) groups excluding carboxylic acids is 1. The molecule has 0 radical (unpaired) electrons. The van der Waals surface area contributed by atoms with E-state index in [1.54, 1.807) is 33.8 Å². The molecule has 6 rings (SSSR count). The quantitative estimate of drug-likeness (QED) is 0.142. The number of benzene rings is 3. The maximum absolute atomic E-state index is 14.3. The second-order valence-electron chi connectivity index (χ2n) is 13.8. The number of hydrogen-bond donors (Lipinski definition) is 2. The summed E-state index contributed by atoms with van der Waals surface area (Å²) in [5.41, 5.74) is -0.793. The molecule has 0 spiro atoms. The molecule has 1 saturated carbocycles. The second kappa shape index (κ2) is 12.2. The van der Waals surface area contributed by atoms with Crippen LogP contribution >= 0.6 is 0 Å². The van der Waals surface area contributed by atoms with Crippen LogP contribution in [0, 0.1) is 5.82 Å². The minimum absolute atomic E-state index is 0.0379. The van der Waals surface area contributed by atoms with Gasteiger partial charge in [-0.15, -0.1) is 0 Å². The predicted octanol–water partition coefficient (Wildman–Crippen LogP) is 7.17. The van der Waals surface area contributed by atoms with Gasteiger partial charge in [-0.3, -0.25) is 9.52 Å². The summed E-state index contributed by atoms with van der Waals surface area (Å²) in [6, 6.07) is 12.4. The number of fused-ring (bicyclic) bond motifs is 1. The van der Waals surface area contributed by atoms with E-state index in [1.165, 1.54) is 56.4 Å². The van der Waals surface area contributed by atoms with Gasteiger partial charge in [0.15, 0.2) is 0 Å². The van der Waals surface area contributed by atoms with E-state index in [9.17, 15) is 30.8 Å². The number of hydrogen-bond acceptors (Lipinski definition) is 6. The van der Waals surface area contributed by atoms with E-state index in [4.69, 9.17) is 13.7 Å². The van der Waals surface area contributed by atoms with Gasteiger partial charge in [0, 0.05) is 24.1 Å². The van der Waals surface area contributed by atoms with Crippen molar-refractivity contribution in [2.75, 3.05) is 11.8 Å². The summed E-state index contributed by atoms with van der Waals surface area (Å²) in [5.74, 6) is -0.645. The van der Waals surface area contributed by atoms with Crippen molar-refractivity contribution in [1.29, 1.82) is 0 Å². The molecule has 260 valence electrons. The third-order valence-corrected chi connectivity index (χ3v) is 11.4. The summed E-state index contributed by atoms with van der Waals surface area (Å²) in [6.07, 6.45) is -3.33. The zero-order chi connectivity index (χ0) is 35.7. The molecular formula is C35H37BF4N2O6S. The molecule has 3 aromatic carbocycles. The van der Waals surface area contributed by atoms with Crippen molar-refractivity contribution in [3.63, 3.8) is 0 Å². The first-order valence-electron chi connectivity index (χ1n) is 16.0. The number of furan rings is 1. The molecule has 1 saturated heterocycles. The van der Waals surface area contributed by atoms with Crippen LogP contribution in [0.1, 0.15) is 80.4 Å². The molecule has 14 heteroatoms. The highest BCUT2D eigenvalue weighted by Gasteiger charge is 2.53. The van der Waals surface area contributed by atoms with Crippen molar-refractivity contribution < 1.29 is 44.5 Å². The van der Waals surface area contributed by atoms with E-state index in [1.807, 2.05) is 0 Å². The standard InChI is InChI=1S/C35H37BF4N2O6S/c1-19(15-20-7-14-27(26(16-20)35(38,39)40)36-47-33(2,3)34(4,5)48-36)49(44,45)42-28-18-29-25(17-24(28)21-8-9-21)30(32(43)41-6)31(46-29)22-10-12-23(37)13-11-22/h7,10-14,16-19,21,42H,8-9,15H2,1-6H3,(H,41,43). The zero-order valence-electron chi connectivity index (χ0n) is 27.9. The summed E-state index contributed by atoms with van der Waals surface area (Å²) >= 11 is 0. The van der Waals surface area contributed by atoms with E-state index in [0.717, 1.165) is 18.9 Å². The Morgan fingerprint density at radius 3 is 2.20 bits per heavy atom. The first-order valence-corrected chi connectivity index (χ1v) is 17.5. The average Bonchev–Trinajstić information content (AvgIpc) is 3.75. The highest BCUT2D eigenvalue weighted by Crippen LogP contribution is 2.47. The van der Waals surface area contributed by atoms with Gasteiger partial charge in [-0.1, -0.05) is 12.1 Å². The van der Waals surface area contributed by atoms with Crippen LogP contribution in [-0.4, -0.2) is 44.9 Å². The molecular weight excluding hydrogens is 663 g/mol. The van der Waals surface area contributed by atoms with Gasteiger partial charge in [-0.25, -0.2) is 12.8 Å². The Kier molecular flexibility index (Phi) is 8.68. The zero-order valence-corrected chi connectivity index (χ0v) is 28.7. The molecule has 2 aliphatic rings. The largest absolute Gasteiger partial charge is 0.495 e. The van der Waals surface area contributed by atoms with Crippen molar-refractivity contribution in [2.45, 2.75) is 82.4 Å². The molecule has 1 atom stereocenters. The van der Waals surface area contributed by atoms with Crippen molar-refractivity contribution >= 4 is 45.2 Å². The van der Waals surface area contributed by atoms with Crippen LogP contribution in [0.25, 0.3) is 22.3 Å². The molecule has 1 aliphatic carbocycles. The Bertz CT molecular complexity index is 2020. The monoisotopic (exact) mass is 700 g/mol. The number of rotatable bonds is 9. The van der Waals surface area contributed by atoms with Gasteiger partial charge in [0.1, 0.15) is 17.2 Å². The van der Waals surface area contributed by atoms with Gasteiger partial charge in [-0.2, -0.15) is 13.2 Å². The Hall–Kier alpha value is -3.88. The number of amides is 1. The molecule has 2 heterocycles. The fourth-order valence-corrected chi connectivity index (χ4v) is 7.08. The smallest absolute Gasteiger partial charge is 0.455 e. The molecule has 0 bridgehead atoms. The van der Waals surface area contributed by atoms with E-state index in [-0.39, 0.29) is 46.0 Å². The van der Waals surface area contributed by atoms with E-state index >= 15 is 0 Å². The summed E-state index contributed by atoms with van der Waals surface area (Å²) in [7, 11) is -3.91. The summed E-state index contributed by atoms with van der Waals surface area (Å²) in [4.78, 5) is 13.0. The van der Waals surface area contributed by atoms with Gasteiger partial charge in [-0.05, 0) is 113 Å². The highest BCUT2D eigenvalue weighted by molar-refractivity contribution is 7.93. The topological polar surface area (TPSA) is 107 Å². The maximum atomic E-state index is 14.3. The molecule has 1 unspecified atom stereocenters. The molecule has 1 aromatic heterocycles. The molecule has 4 aromatic rings. The van der Waals surface area contributed by atoms with Crippen LogP contribution in [0.4, 0.5) is 23.2 Å². The summed E-state index contributed by atoms with van der Waals surface area (Å²) in [5, 5.41) is 1.95. The van der Waals surface area contributed by atoms with Gasteiger partial charge in [0.25, 0.3) is 5.91 Å². The Balaban J connectivity index is 1.31. The summed E-state index contributed by atoms with van der Waals surface area (Å²) < 4.78 is 105. The van der Waals surface area contributed by atoms with Gasteiger partial charge in [0.2, 0.25) is 10.0 Å². The van der Waals surface area contributed by atoms with E-state index in [2.05, 4.69) is 10.0 Å². The Morgan fingerprint density at radius 1 is 1.00 bits per heavy atom. The normalized spacial score (nSPS) is 18.1. The number of anilines is 1. The average molecular weight is 701 g/mol. The van der Waals surface area contributed by atoms with Crippen molar-refractivity contribution in [3.05, 3.63) is 82.7 Å². The maximum Gasteiger partial charge on any atom is 0.495 e. The molecule has 2 N–H and O–H groups in total. The van der Waals surface area contributed by atoms with Gasteiger partial charge < -0.3 is 19.0 Å². The third-order valence-electron chi connectivity index (χ3n) is 9.67. The second-order valence-corrected chi connectivity index (χ2v) is 15.9. The van der Waals surface area contributed by atoms with Crippen LogP contribution in [0.15, 0.2) is 59.0 Å². The molecule has 2 fully saturated rings. The molecule has 8 nitrogen and oxygen atoms in total. The Morgan fingerprint density at radius 2 is 1.63 bits per heavy atom. The van der Waals surface area contributed by atoms with Crippen LogP contribution in [0.2, 0.25) is 0 Å². The van der Waals surface area contributed by atoms with Crippen molar-refractivity contribution in [1.82, 2.24) is 5.32 Å². The molecule has 1 aliphatic heterocycles. The first-order chi connectivity index (χ1) is 22.8. The van der Waals surface area contributed by atoms with E-state index < -0.39 is 57.1 Å². The lowest BCUT2D eigenvalue weighted by Gasteiger charge is -2.32. The number of alkyl halides is 3. The van der Waals surface area contributed by atoms with Gasteiger partial charge in [0.05, 0.1) is 33.3 Å². The number of halogens is 4. The minimum atomic E-state index is -4.74. The van der Waals surface area contributed by atoms with Crippen LogP contribution in [0.5, 0.6) is 0 Å². The first kappa shape index (κ1) is 35.0. The SMILES string of the molecule is CNC(=O)c1c(-c2ccc(F)cc2)oc2cc(NS(=O)(=O)C(C)Cc3ccc(B4OC(C)(C)C(C)(C)O4)c(C(F)(F)F)c3)c(C3CC3)cc12. The fraction of sp³-hybridized carbons (Fsp3) is 0.400. The Labute approximate surface area is 282 Å². The highest BCUT2D eigenvalue weighted by atomic mass is 32.2. The van der Waals surface area contributed by atoms with Crippen molar-refractivity contribution in [3.8, 4) is 11.3 Å². The number of sulfonamides is 1. The van der Waals surface area contributed by atoms with Crippen molar-refractivity contribution in [2.24, 2.45) is 0 Å². The van der Waals surface area contributed by atoms with Gasteiger partial charge >= 0.3 is 13.3 Å². The molecule has 1 amide bonds. The summed E-state index contributed by atoms with van der Waals surface area (Å²) in [6.45, 7) is 8.42. The third kappa shape index (κ3) is 6.70. The van der Waals surface area contributed by atoms with Crippen LogP contribution in [0.3, 0.4) is 0 Å². The lowest BCUT2D eigenvalue weighted by atomic mass is 9.75. The van der Waals surface area contributed by atoms with E-state index in [0.29, 0.717) is 16.5 Å². The van der Waals surface area contributed by atoms with Crippen LogP contribution in [-0.2, 0) is 31.9 Å². The molecule has 49 heavy (non-hydrogen) atoms. The predicted molar refractivity (Wildman–Crippen MR) is 180 cm³/mol. The fourth-order valence-electron chi connectivity index (χ4n) is 5.98. The number of nitrogens with one attached hydrogen (secondary N) is 2.